The van der Waals surface area contributed by atoms with Crippen molar-refractivity contribution >= 4 is 15.7 Å². The third-order valence-electron chi connectivity index (χ3n) is 9.20. The summed E-state index contributed by atoms with van der Waals surface area (Å²) in [6.45, 7) is 2.40. The van der Waals surface area contributed by atoms with Crippen molar-refractivity contribution in [2.24, 2.45) is 0 Å². The molecule has 0 spiro atoms. The second-order valence-corrected chi connectivity index (χ2v) is 14.2. The molecule has 5 aromatic carbocycles. The second kappa shape index (κ2) is 15.5. The second-order valence-electron chi connectivity index (χ2n) is 12.5. The molecule has 1 aliphatic heterocycles. The van der Waals surface area contributed by atoms with Crippen LogP contribution in [0.25, 0.3) is 0 Å². The lowest BCUT2D eigenvalue weighted by atomic mass is 9.83. The average molecular weight is 679 g/mol. The van der Waals surface area contributed by atoms with Crippen molar-refractivity contribution in [2.75, 3.05) is 18.3 Å². The van der Waals surface area contributed by atoms with Crippen LogP contribution in [-0.2, 0) is 26.1 Å². The molecule has 0 radical (unpaired) electrons. The Bertz CT molecular complexity index is 1890. The van der Waals surface area contributed by atoms with E-state index in [4.69, 9.17) is 9.47 Å². The number of aliphatic hydroxyl groups excluding tert-OH is 2. The third kappa shape index (κ3) is 8.11. The van der Waals surface area contributed by atoms with Crippen LogP contribution in [0.1, 0.15) is 59.2 Å². The summed E-state index contributed by atoms with van der Waals surface area (Å²) in [6.07, 6.45) is -2.40. The normalized spacial score (nSPS) is 20.8. The van der Waals surface area contributed by atoms with Gasteiger partial charge in [-0.15, -0.1) is 0 Å². The Morgan fingerprint density at radius 2 is 1.37 bits per heavy atom. The van der Waals surface area contributed by atoms with Crippen LogP contribution in [0.15, 0.2) is 144 Å². The van der Waals surface area contributed by atoms with E-state index in [-0.39, 0.29) is 23.5 Å². The number of hydrogen-bond acceptors (Lipinski definition) is 7. The quantitative estimate of drug-likeness (QED) is 0.131. The zero-order chi connectivity index (χ0) is 34.4. The Hall–Kier alpha value is -4.35. The van der Waals surface area contributed by atoms with Crippen LogP contribution in [0.4, 0.5) is 5.69 Å². The topological polar surface area (TPSA) is 108 Å². The molecule has 0 saturated carbocycles. The number of nitrogens with zero attached hydrogens (tertiary/aromatic N) is 1. The Labute approximate surface area is 288 Å². The van der Waals surface area contributed by atoms with Crippen molar-refractivity contribution in [3.8, 4) is 0 Å². The Kier molecular flexibility index (Phi) is 10.9. The zero-order valence-corrected chi connectivity index (χ0v) is 28.4. The minimum Gasteiger partial charge on any atom is -0.392 e. The van der Waals surface area contributed by atoms with Gasteiger partial charge in [-0.25, -0.2) is 8.42 Å². The molecule has 1 heterocycles. The lowest BCUT2D eigenvalue weighted by molar-refractivity contribution is -0.264. The number of hydrogen-bond donors (Lipinski definition) is 3. The summed E-state index contributed by atoms with van der Waals surface area (Å²) in [5, 5.41) is 21.0. The number of aliphatic hydroxyl groups is 2. The standard InChI is InChI=1S/C40H42N2O6S/c1-28(38(44)31-15-8-4-9-16-31)42(2)26-36-37(30-13-6-3-7-14-30)39(32-23-21-29(27-43)22-24-32)48-40(47-36)33-17-12-18-34(25-33)41-49(45,46)35-19-10-5-11-20-35/h3-25,28,36-41,43-44H,26-27H2,1-2H3/t28-,36+,37+,38-,39-,40?/m0/s1. The summed E-state index contributed by atoms with van der Waals surface area (Å²) in [6, 6.07) is 42.5. The molecule has 254 valence electrons. The average Bonchev–Trinajstić information content (AvgIpc) is 3.15. The molecule has 1 aliphatic rings. The lowest BCUT2D eigenvalue weighted by Gasteiger charge is -2.45. The van der Waals surface area contributed by atoms with Gasteiger partial charge in [0.2, 0.25) is 0 Å². The molecular weight excluding hydrogens is 637 g/mol. The number of likely N-dealkylation sites (N-methyl/N-ethyl adjacent to an activating group) is 1. The van der Waals surface area contributed by atoms with Gasteiger partial charge in [0.15, 0.2) is 6.29 Å². The first-order chi connectivity index (χ1) is 23.7. The maximum absolute atomic E-state index is 13.2. The maximum atomic E-state index is 13.2. The molecule has 1 fully saturated rings. The predicted molar refractivity (Wildman–Crippen MR) is 190 cm³/mol. The van der Waals surface area contributed by atoms with E-state index in [0.29, 0.717) is 17.8 Å². The monoisotopic (exact) mass is 678 g/mol. The van der Waals surface area contributed by atoms with Crippen LogP contribution < -0.4 is 4.72 Å². The van der Waals surface area contributed by atoms with E-state index < -0.39 is 34.6 Å². The summed E-state index contributed by atoms with van der Waals surface area (Å²) >= 11 is 0. The minimum atomic E-state index is -3.82. The molecule has 0 aromatic heterocycles. The first kappa shape index (κ1) is 34.5. The summed E-state index contributed by atoms with van der Waals surface area (Å²) in [7, 11) is -1.83. The molecule has 0 aliphatic carbocycles. The molecule has 6 atom stereocenters. The first-order valence-electron chi connectivity index (χ1n) is 16.4. The maximum Gasteiger partial charge on any atom is 0.261 e. The Morgan fingerprint density at radius 1 is 0.755 bits per heavy atom. The summed E-state index contributed by atoms with van der Waals surface area (Å²) < 4.78 is 42.7. The van der Waals surface area contributed by atoms with E-state index in [9.17, 15) is 18.6 Å². The highest BCUT2D eigenvalue weighted by atomic mass is 32.2. The number of sulfonamides is 1. The van der Waals surface area contributed by atoms with Gasteiger partial charge in [0.1, 0.15) is 0 Å². The largest absolute Gasteiger partial charge is 0.392 e. The summed E-state index contributed by atoms with van der Waals surface area (Å²) in [4.78, 5) is 2.27. The fourth-order valence-corrected chi connectivity index (χ4v) is 7.42. The predicted octanol–water partition coefficient (Wildman–Crippen LogP) is 6.97. The molecule has 0 amide bonds. The van der Waals surface area contributed by atoms with Crippen molar-refractivity contribution in [1.29, 1.82) is 0 Å². The van der Waals surface area contributed by atoms with Crippen molar-refractivity contribution in [1.82, 2.24) is 4.90 Å². The molecule has 0 bridgehead atoms. The fourth-order valence-electron chi connectivity index (χ4n) is 6.35. The van der Waals surface area contributed by atoms with Gasteiger partial charge in [0.25, 0.3) is 10.0 Å². The number of rotatable bonds is 12. The third-order valence-corrected chi connectivity index (χ3v) is 10.6. The van der Waals surface area contributed by atoms with Crippen LogP contribution >= 0.6 is 0 Å². The number of nitrogens with one attached hydrogen (secondary N) is 1. The molecule has 1 saturated heterocycles. The van der Waals surface area contributed by atoms with Gasteiger partial charge in [-0.05, 0) is 60.5 Å². The lowest BCUT2D eigenvalue weighted by Crippen LogP contribution is -2.46. The van der Waals surface area contributed by atoms with Gasteiger partial charge in [-0.3, -0.25) is 9.62 Å². The van der Waals surface area contributed by atoms with E-state index >= 15 is 0 Å². The van der Waals surface area contributed by atoms with E-state index in [1.54, 1.807) is 48.5 Å². The Balaban J connectivity index is 1.36. The van der Waals surface area contributed by atoms with Gasteiger partial charge in [-0.1, -0.05) is 115 Å². The van der Waals surface area contributed by atoms with E-state index in [1.807, 2.05) is 92.8 Å². The van der Waals surface area contributed by atoms with Crippen LogP contribution in [0.3, 0.4) is 0 Å². The van der Waals surface area contributed by atoms with Crippen molar-refractivity contribution in [2.45, 2.75) is 55.0 Å². The zero-order valence-electron chi connectivity index (χ0n) is 27.5. The molecule has 1 unspecified atom stereocenters. The molecular formula is C40H42N2O6S. The highest BCUT2D eigenvalue weighted by Crippen LogP contribution is 2.47. The van der Waals surface area contributed by atoms with E-state index in [0.717, 1.165) is 22.3 Å². The van der Waals surface area contributed by atoms with Gasteiger partial charge in [0.05, 0.1) is 29.8 Å². The summed E-state index contributed by atoms with van der Waals surface area (Å²) in [5.41, 5.74) is 4.63. The number of benzene rings is 5. The molecule has 8 nitrogen and oxygen atoms in total. The highest BCUT2D eigenvalue weighted by Gasteiger charge is 2.43. The van der Waals surface area contributed by atoms with E-state index in [2.05, 4.69) is 21.8 Å². The van der Waals surface area contributed by atoms with E-state index in [1.165, 1.54) is 0 Å². The molecule has 6 rings (SSSR count). The van der Waals surface area contributed by atoms with Gasteiger partial charge in [-0.2, -0.15) is 0 Å². The van der Waals surface area contributed by atoms with Crippen molar-refractivity contribution in [3.63, 3.8) is 0 Å². The van der Waals surface area contributed by atoms with Gasteiger partial charge < -0.3 is 19.7 Å². The van der Waals surface area contributed by atoms with Crippen LogP contribution in [0.2, 0.25) is 0 Å². The first-order valence-corrected chi connectivity index (χ1v) is 17.9. The van der Waals surface area contributed by atoms with Gasteiger partial charge in [0, 0.05) is 29.8 Å². The van der Waals surface area contributed by atoms with Crippen LogP contribution in [0.5, 0.6) is 0 Å². The van der Waals surface area contributed by atoms with Crippen LogP contribution in [0, 0.1) is 0 Å². The number of anilines is 1. The fraction of sp³-hybridized carbons (Fsp3) is 0.250. The van der Waals surface area contributed by atoms with Crippen molar-refractivity contribution < 1.29 is 28.1 Å². The molecule has 5 aromatic rings. The smallest absolute Gasteiger partial charge is 0.261 e. The molecule has 3 N–H and O–H groups in total. The van der Waals surface area contributed by atoms with Crippen molar-refractivity contribution in [3.05, 3.63) is 167 Å². The van der Waals surface area contributed by atoms with Crippen LogP contribution in [-0.4, -0.2) is 49.3 Å². The molecule has 9 heteroatoms. The highest BCUT2D eigenvalue weighted by molar-refractivity contribution is 7.92. The minimum absolute atomic E-state index is 0.0691. The van der Waals surface area contributed by atoms with Gasteiger partial charge >= 0.3 is 0 Å². The summed E-state index contributed by atoms with van der Waals surface area (Å²) in [5.74, 6) is -0.235. The number of ether oxygens (including phenoxy) is 2. The SMILES string of the molecule is C[C@@H]([C@H](O)c1ccccc1)N(C)C[C@H]1OC(c2cccc(NS(=O)(=O)c3ccccc3)c2)O[C@@H](c2ccc(CO)cc2)[C@@H]1c1ccccc1. The Morgan fingerprint density at radius 3 is 2.02 bits per heavy atom. The molecule has 49 heavy (non-hydrogen) atoms.